The molecule has 0 saturated carbocycles. The van der Waals surface area contributed by atoms with Crippen LogP contribution < -0.4 is 5.32 Å². The molecule has 1 fully saturated rings. The number of likely N-dealkylation sites (tertiary alicyclic amines) is 1. The van der Waals surface area contributed by atoms with E-state index in [1.54, 1.807) is 12.0 Å². The van der Waals surface area contributed by atoms with Crippen molar-refractivity contribution in [1.29, 1.82) is 0 Å². The minimum Gasteiger partial charge on any atom is -0.480 e. The van der Waals surface area contributed by atoms with E-state index in [1.807, 2.05) is 6.92 Å². The molecule has 0 aromatic rings. The van der Waals surface area contributed by atoms with E-state index in [0.717, 1.165) is 25.9 Å². The lowest BCUT2D eigenvalue weighted by Gasteiger charge is -2.32. The molecule has 1 aliphatic rings. The average Bonchev–Trinajstić information content (AvgIpc) is 2.39. The monoisotopic (exact) mass is 272 g/mol. The van der Waals surface area contributed by atoms with Crippen LogP contribution in [0.3, 0.4) is 0 Å². The summed E-state index contributed by atoms with van der Waals surface area (Å²) in [5.41, 5.74) is 0. The fraction of sp³-hybridized carbons (Fsp3) is 0.846. The van der Waals surface area contributed by atoms with Crippen LogP contribution >= 0.6 is 0 Å². The Balaban J connectivity index is 2.39. The van der Waals surface area contributed by atoms with E-state index in [-0.39, 0.29) is 6.03 Å². The molecular weight excluding hydrogens is 248 g/mol. The maximum absolute atomic E-state index is 12.0. The molecule has 0 aromatic heterocycles. The second kappa shape index (κ2) is 7.99. The number of hydrogen-bond donors (Lipinski definition) is 2. The third kappa shape index (κ3) is 5.06. The smallest absolute Gasteiger partial charge is 0.326 e. The standard InChI is InChI=1S/C13H24N2O4/c1-3-4-11(12(16)17)14-13(18)15-7-5-10(6-8-15)9-19-2/h10-11H,3-9H2,1-2H3,(H,14,18)(H,16,17). The Kier molecular flexibility index (Phi) is 6.62. The Bertz CT molecular complexity index is 301. The van der Waals surface area contributed by atoms with Crippen LogP contribution in [0.2, 0.25) is 0 Å². The first-order chi connectivity index (χ1) is 9.08. The van der Waals surface area contributed by atoms with Gasteiger partial charge in [0.15, 0.2) is 0 Å². The van der Waals surface area contributed by atoms with Gasteiger partial charge < -0.3 is 20.1 Å². The largest absolute Gasteiger partial charge is 0.480 e. The fourth-order valence-electron chi connectivity index (χ4n) is 2.32. The van der Waals surface area contributed by atoms with Gasteiger partial charge in [-0.05, 0) is 25.2 Å². The van der Waals surface area contributed by atoms with Gasteiger partial charge in [0.1, 0.15) is 6.04 Å². The number of methoxy groups -OCH3 is 1. The summed E-state index contributed by atoms with van der Waals surface area (Å²) < 4.78 is 5.11. The van der Waals surface area contributed by atoms with Crippen molar-refractivity contribution in [2.24, 2.45) is 5.92 Å². The number of hydrogen-bond acceptors (Lipinski definition) is 3. The summed E-state index contributed by atoms with van der Waals surface area (Å²) in [4.78, 5) is 24.7. The van der Waals surface area contributed by atoms with Crippen LogP contribution in [0.25, 0.3) is 0 Å². The SMILES string of the molecule is CCCC(NC(=O)N1CCC(COC)CC1)C(=O)O. The fourth-order valence-corrected chi connectivity index (χ4v) is 2.32. The lowest BCUT2D eigenvalue weighted by Crippen LogP contribution is -2.50. The van der Waals surface area contributed by atoms with Gasteiger partial charge in [-0.25, -0.2) is 9.59 Å². The highest BCUT2D eigenvalue weighted by Crippen LogP contribution is 2.17. The van der Waals surface area contributed by atoms with E-state index >= 15 is 0 Å². The van der Waals surface area contributed by atoms with Gasteiger partial charge >= 0.3 is 12.0 Å². The zero-order chi connectivity index (χ0) is 14.3. The topological polar surface area (TPSA) is 78.9 Å². The molecule has 0 radical (unpaired) electrons. The Hall–Kier alpha value is -1.30. The number of nitrogens with zero attached hydrogens (tertiary/aromatic N) is 1. The van der Waals surface area contributed by atoms with E-state index in [9.17, 15) is 9.59 Å². The number of carbonyl (C=O) groups is 2. The molecule has 2 N–H and O–H groups in total. The van der Waals surface area contributed by atoms with Crippen LogP contribution in [0.5, 0.6) is 0 Å². The number of carbonyl (C=O) groups excluding carboxylic acids is 1. The molecule has 1 heterocycles. The summed E-state index contributed by atoms with van der Waals surface area (Å²) in [5.74, 6) is -0.468. The molecule has 1 atom stereocenters. The van der Waals surface area contributed by atoms with Gasteiger partial charge in [-0.3, -0.25) is 0 Å². The van der Waals surface area contributed by atoms with E-state index in [1.165, 1.54) is 0 Å². The molecule has 1 rings (SSSR count). The van der Waals surface area contributed by atoms with Gasteiger partial charge in [0.05, 0.1) is 0 Å². The molecule has 0 bridgehead atoms. The Labute approximate surface area is 114 Å². The van der Waals surface area contributed by atoms with E-state index in [4.69, 9.17) is 9.84 Å². The highest BCUT2D eigenvalue weighted by Gasteiger charge is 2.26. The molecule has 19 heavy (non-hydrogen) atoms. The summed E-state index contributed by atoms with van der Waals surface area (Å²) in [6, 6.07) is -1.05. The van der Waals surface area contributed by atoms with Crippen LogP contribution in [0.15, 0.2) is 0 Å². The number of rotatable bonds is 6. The minimum atomic E-state index is -0.968. The number of ether oxygens (including phenoxy) is 1. The Morgan fingerprint density at radius 2 is 2.05 bits per heavy atom. The summed E-state index contributed by atoms with van der Waals surface area (Å²) in [6.45, 7) is 3.96. The summed E-state index contributed by atoms with van der Waals surface area (Å²) in [7, 11) is 1.68. The third-order valence-electron chi connectivity index (χ3n) is 3.48. The molecule has 0 aliphatic carbocycles. The molecule has 6 heteroatoms. The van der Waals surface area contributed by atoms with Gasteiger partial charge in [0.25, 0.3) is 0 Å². The van der Waals surface area contributed by atoms with Crippen molar-refractivity contribution in [2.45, 2.75) is 38.6 Å². The number of carboxylic acid groups (broad SMARTS) is 1. The molecule has 0 aromatic carbocycles. The number of piperidine rings is 1. The van der Waals surface area contributed by atoms with Crippen LogP contribution in [0.4, 0.5) is 4.79 Å². The lowest BCUT2D eigenvalue weighted by atomic mass is 9.98. The first kappa shape index (κ1) is 15.8. The van der Waals surface area contributed by atoms with E-state index < -0.39 is 12.0 Å². The number of aliphatic carboxylic acids is 1. The van der Waals surface area contributed by atoms with Crippen molar-refractivity contribution >= 4 is 12.0 Å². The van der Waals surface area contributed by atoms with Crippen molar-refractivity contribution in [3.05, 3.63) is 0 Å². The number of carboxylic acids is 1. The van der Waals surface area contributed by atoms with Crippen molar-refractivity contribution in [2.75, 3.05) is 26.8 Å². The molecular formula is C13H24N2O4. The number of urea groups is 1. The lowest BCUT2D eigenvalue weighted by molar-refractivity contribution is -0.139. The molecule has 1 unspecified atom stereocenters. The normalized spacial score (nSPS) is 18.1. The van der Waals surface area contributed by atoms with Crippen LogP contribution in [0, 0.1) is 5.92 Å². The van der Waals surface area contributed by atoms with Crippen molar-refractivity contribution in [3.63, 3.8) is 0 Å². The molecule has 6 nitrogen and oxygen atoms in total. The van der Waals surface area contributed by atoms with Gasteiger partial charge in [0.2, 0.25) is 0 Å². The predicted molar refractivity (Wildman–Crippen MR) is 71.0 cm³/mol. The zero-order valence-electron chi connectivity index (χ0n) is 11.7. The van der Waals surface area contributed by atoms with Gasteiger partial charge in [-0.15, -0.1) is 0 Å². The highest BCUT2D eigenvalue weighted by atomic mass is 16.5. The van der Waals surface area contributed by atoms with Crippen molar-refractivity contribution < 1.29 is 19.4 Å². The number of nitrogens with one attached hydrogen (secondary N) is 1. The molecule has 1 aliphatic heterocycles. The Morgan fingerprint density at radius 1 is 1.42 bits per heavy atom. The third-order valence-corrected chi connectivity index (χ3v) is 3.48. The molecule has 1 saturated heterocycles. The van der Waals surface area contributed by atoms with Gasteiger partial charge in [0, 0.05) is 26.8 Å². The molecule has 2 amide bonds. The number of amides is 2. The van der Waals surface area contributed by atoms with Gasteiger partial charge in [-0.1, -0.05) is 13.3 Å². The summed E-state index contributed by atoms with van der Waals surface area (Å²) in [6.07, 6.45) is 3.01. The van der Waals surface area contributed by atoms with Crippen LogP contribution in [-0.4, -0.2) is 54.9 Å². The quantitative estimate of drug-likeness (QED) is 0.764. The van der Waals surface area contributed by atoms with Crippen LogP contribution in [0.1, 0.15) is 32.6 Å². The van der Waals surface area contributed by atoms with E-state index in [2.05, 4.69) is 5.32 Å². The molecule has 0 spiro atoms. The first-order valence-corrected chi connectivity index (χ1v) is 6.85. The maximum Gasteiger partial charge on any atom is 0.326 e. The Morgan fingerprint density at radius 3 is 2.53 bits per heavy atom. The van der Waals surface area contributed by atoms with Crippen molar-refractivity contribution in [3.8, 4) is 0 Å². The van der Waals surface area contributed by atoms with Gasteiger partial charge in [-0.2, -0.15) is 0 Å². The van der Waals surface area contributed by atoms with Crippen LogP contribution in [-0.2, 0) is 9.53 Å². The minimum absolute atomic E-state index is 0.267. The summed E-state index contributed by atoms with van der Waals surface area (Å²) in [5, 5.41) is 11.6. The predicted octanol–water partition coefficient (Wildman–Crippen LogP) is 1.31. The first-order valence-electron chi connectivity index (χ1n) is 6.85. The van der Waals surface area contributed by atoms with Crippen molar-refractivity contribution in [1.82, 2.24) is 10.2 Å². The highest BCUT2D eigenvalue weighted by molar-refractivity contribution is 5.82. The maximum atomic E-state index is 12.0. The zero-order valence-corrected chi connectivity index (χ0v) is 11.7. The van der Waals surface area contributed by atoms with E-state index in [0.29, 0.717) is 25.4 Å². The second-order valence-corrected chi connectivity index (χ2v) is 5.01. The average molecular weight is 272 g/mol. The second-order valence-electron chi connectivity index (χ2n) is 5.01. The molecule has 110 valence electrons. The summed E-state index contributed by atoms with van der Waals surface area (Å²) >= 11 is 0.